The van der Waals surface area contributed by atoms with Crippen LogP contribution >= 0.6 is 12.2 Å². The maximum Gasteiger partial charge on any atom is 0.169 e. The summed E-state index contributed by atoms with van der Waals surface area (Å²) in [6, 6.07) is 6.22. The normalized spacial score (nSPS) is 19.6. The summed E-state index contributed by atoms with van der Waals surface area (Å²) >= 11 is 5.34. The lowest BCUT2D eigenvalue weighted by Gasteiger charge is -2.31. The Kier molecular flexibility index (Phi) is 5.52. The molecule has 1 N–H and O–H groups in total. The number of benzene rings is 1. The molecule has 1 saturated heterocycles. The molecule has 0 bridgehead atoms. The van der Waals surface area contributed by atoms with Crippen LogP contribution in [0, 0.1) is 5.82 Å². The van der Waals surface area contributed by atoms with Crippen LogP contribution < -0.4 is 5.32 Å². The van der Waals surface area contributed by atoms with E-state index in [4.69, 9.17) is 12.2 Å². The van der Waals surface area contributed by atoms with E-state index >= 15 is 0 Å². The quantitative estimate of drug-likeness (QED) is 0.654. The first-order chi connectivity index (χ1) is 10.4. The van der Waals surface area contributed by atoms with Crippen LogP contribution in [0.2, 0.25) is 0 Å². The molecule has 0 saturated carbocycles. The van der Waals surface area contributed by atoms with E-state index in [0.29, 0.717) is 23.6 Å². The van der Waals surface area contributed by atoms with E-state index in [1.165, 1.54) is 6.07 Å². The van der Waals surface area contributed by atoms with Gasteiger partial charge in [0.25, 0.3) is 0 Å². The van der Waals surface area contributed by atoms with Crippen LogP contribution in [0.25, 0.3) is 0 Å². The Morgan fingerprint density at radius 3 is 2.82 bits per heavy atom. The van der Waals surface area contributed by atoms with Gasteiger partial charge < -0.3 is 10.2 Å². The third-order valence-electron chi connectivity index (χ3n) is 3.61. The van der Waals surface area contributed by atoms with Gasteiger partial charge in [0.1, 0.15) is 5.82 Å². The van der Waals surface area contributed by atoms with Crippen LogP contribution in [0.1, 0.15) is 12.0 Å². The lowest BCUT2D eigenvalue weighted by molar-refractivity contribution is 0.319. The molecule has 120 valence electrons. The Balaban J connectivity index is 2.20. The van der Waals surface area contributed by atoms with Gasteiger partial charge in [0.15, 0.2) is 14.9 Å². The number of thiocarbonyl (C=S) groups is 1. The van der Waals surface area contributed by atoms with Crippen LogP contribution in [0.5, 0.6) is 0 Å². The molecule has 22 heavy (non-hydrogen) atoms. The van der Waals surface area contributed by atoms with E-state index in [2.05, 4.69) is 11.9 Å². The minimum Gasteiger partial charge on any atom is -0.359 e. The van der Waals surface area contributed by atoms with E-state index in [-0.39, 0.29) is 29.9 Å². The number of nitrogens with zero attached hydrogens (tertiary/aromatic N) is 1. The predicted octanol–water partition coefficient (Wildman–Crippen LogP) is 1.88. The van der Waals surface area contributed by atoms with Gasteiger partial charge in [-0.3, -0.25) is 0 Å². The van der Waals surface area contributed by atoms with Gasteiger partial charge in [0.2, 0.25) is 0 Å². The highest BCUT2D eigenvalue weighted by Gasteiger charge is 2.33. The highest BCUT2D eigenvalue weighted by atomic mass is 32.2. The van der Waals surface area contributed by atoms with Gasteiger partial charge in [-0.2, -0.15) is 0 Å². The van der Waals surface area contributed by atoms with Crippen molar-refractivity contribution in [3.63, 3.8) is 0 Å². The molecule has 0 aliphatic carbocycles. The lowest BCUT2D eigenvalue weighted by atomic mass is 10.1. The highest BCUT2D eigenvalue weighted by molar-refractivity contribution is 7.91. The number of halogens is 1. The minimum atomic E-state index is -3.04. The van der Waals surface area contributed by atoms with Gasteiger partial charge in [0.05, 0.1) is 11.5 Å². The van der Waals surface area contributed by atoms with Crippen molar-refractivity contribution < 1.29 is 12.8 Å². The molecule has 1 aromatic rings. The minimum absolute atomic E-state index is 0.0529. The van der Waals surface area contributed by atoms with Gasteiger partial charge in [-0.1, -0.05) is 24.3 Å². The fourth-order valence-corrected chi connectivity index (χ4v) is 4.49. The smallest absolute Gasteiger partial charge is 0.169 e. The molecule has 2 rings (SSSR count). The maximum atomic E-state index is 13.9. The largest absolute Gasteiger partial charge is 0.359 e. The van der Waals surface area contributed by atoms with E-state index in [1.807, 2.05) is 0 Å². The third-order valence-corrected chi connectivity index (χ3v) is 5.74. The van der Waals surface area contributed by atoms with Gasteiger partial charge in [-0.15, -0.1) is 6.58 Å². The molecule has 4 nitrogen and oxygen atoms in total. The van der Waals surface area contributed by atoms with Crippen LogP contribution in [0.15, 0.2) is 36.9 Å². The molecule has 1 fully saturated rings. The van der Waals surface area contributed by atoms with Crippen molar-refractivity contribution in [1.29, 1.82) is 0 Å². The van der Waals surface area contributed by atoms with E-state index in [0.717, 1.165) is 0 Å². The lowest BCUT2D eigenvalue weighted by Crippen LogP contribution is -2.46. The molecule has 7 heteroatoms. The Morgan fingerprint density at radius 1 is 1.50 bits per heavy atom. The van der Waals surface area contributed by atoms with Gasteiger partial charge in [0, 0.05) is 24.7 Å². The summed E-state index contributed by atoms with van der Waals surface area (Å²) < 4.78 is 37.3. The zero-order valence-electron chi connectivity index (χ0n) is 12.2. The molecule has 0 aromatic heterocycles. The molecule has 0 amide bonds. The predicted molar refractivity (Wildman–Crippen MR) is 89.8 cm³/mol. The van der Waals surface area contributed by atoms with E-state index < -0.39 is 9.84 Å². The Labute approximate surface area is 135 Å². The van der Waals surface area contributed by atoms with Crippen LogP contribution in [-0.2, 0) is 16.4 Å². The summed E-state index contributed by atoms with van der Waals surface area (Å²) in [4.78, 5) is 1.77. The first kappa shape index (κ1) is 16.9. The molecule has 1 aromatic carbocycles. The summed E-state index contributed by atoms with van der Waals surface area (Å²) in [5.41, 5.74) is 0.495. The molecule has 1 aliphatic rings. The van der Waals surface area contributed by atoms with Crippen molar-refractivity contribution in [2.24, 2.45) is 0 Å². The third kappa shape index (κ3) is 4.27. The van der Waals surface area contributed by atoms with Gasteiger partial charge in [-0.25, -0.2) is 12.8 Å². The zero-order valence-corrected chi connectivity index (χ0v) is 13.8. The number of hydrogen-bond acceptors (Lipinski definition) is 3. The molecular formula is C15H19FN2O2S2. The second-order valence-electron chi connectivity index (χ2n) is 5.25. The van der Waals surface area contributed by atoms with E-state index in [1.54, 1.807) is 29.2 Å². The van der Waals surface area contributed by atoms with Crippen molar-refractivity contribution in [2.75, 3.05) is 18.1 Å². The van der Waals surface area contributed by atoms with Crippen molar-refractivity contribution in [2.45, 2.75) is 19.0 Å². The fourth-order valence-electron chi connectivity index (χ4n) is 2.46. The second kappa shape index (κ2) is 7.19. The van der Waals surface area contributed by atoms with Crippen LogP contribution in [-0.4, -0.2) is 42.5 Å². The Morgan fingerprint density at radius 2 is 2.23 bits per heavy atom. The monoisotopic (exact) mass is 342 g/mol. The molecule has 1 unspecified atom stereocenters. The number of rotatable bonds is 5. The average Bonchev–Trinajstić information content (AvgIpc) is 2.83. The number of sulfone groups is 1. The van der Waals surface area contributed by atoms with E-state index in [9.17, 15) is 12.8 Å². The first-order valence-electron chi connectivity index (χ1n) is 7.02. The summed E-state index contributed by atoms with van der Waals surface area (Å²) in [6.45, 7) is 4.34. The highest BCUT2D eigenvalue weighted by Crippen LogP contribution is 2.21. The second-order valence-corrected chi connectivity index (χ2v) is 7.87. The number of hydrogen-bond donors (Lipinski definition) is 1. The van der Waals surface area contributed by atoms with Crippen molar-refractivity contribution in [3.8, 4) is 0 Å². The standard InChI is InChI=1S/C15H19FN2O2S2/c1-2-8-17-15(21)18(13-7-9-22(19,20)11-13)10-12-5-3-4-6-14(12)16/h2-6,13H,1,7-11H2,(H,17,21). The molecule has 1 heterocycles. The van der Waals surface area contributed by atoms with Crippen molar-refractivity contribution in [1.82, 2.24) is 10.2 Å². The summed E-state index contributed by atoms with van der Waals surface area (Å²) in [6.07, 6.45) is 2.17. The molecule has 1 aliphatic heterocycles. The Bertz CT molecular complexity index is 661. The fraction of sp³-hybridized carbons (Fsp3) is 0.400. The molecule has 0 spiro atoms. The number of nitrogens with one attached hydrogen (secondary N) is 1. The zero-order chi connectivity index (χ0) is 16.2. The summed E-state index contributed by atoms with van der Waals surface area (Å²) in [5.74, 6) is -0.118. The molecular weight excluding hydrogens is 323 g/mol. The SMILES string of the molecule is C=CCNC(=S)N(Cc1ccccc1F)C1CCS(=O)(=O)C1. The van der Waals surface area contributed by atoms with Crippen LogP contribution in [0.4, 0.5) is 4.39 Å². The summed E-state index contributed by atoms with van der Waals surface area (Å²) in [7, 11) is -3.04. The first-order valence-corrected chi connectivity index (χ1v) is 9.25. The molecule has 0 radical (unpaired) electrons. The Hall–Kier alpha value is -1.47. The van der Waals surface area contributed by atoms with Gasteiger partial charge in [-0.05, 0) is 24.7 Å². The maximum absolute atomic E-state index is 13.9. The topological polar surface area (TPSA) is 49.4 Å². The van der Waals surface area contributed by atoms with Crippen molar-refractivity contribution >= 4 is 27.2 Å². The van der Waals surface area contributed by atoms with Crippen molar-refractivity contribution in [3.05, 3.63) is 48.3 Å². The molecule has 1 atom stereocenters. The summed E-state index contributed by atoms with van der Waals surface area (Å²) in [5, 5.41) is 3.42. The van der Waals surface area contributed by atoms with Crippen LogP contribution in [0.3, 0.4) is 0 Å². The average molecular weight is 342 g/mol. The van der Waals surface area contributed by atoms with Gasteiger partial charge >= 0.3 is 0 Å².